The Hall–Kier alpha value is -1.03. The van der Waals surface area contributed by atoms with Crippen molar-refractivity contribution >= 4 is 26.8 Å². The van der Waals surface area contributed by atoms with Gasteiger partial charge < -0.3 is 0 Å². The van der Waals surface area contributed by atoms with Crippen molar-refractivity contribution in [3.05, 3.63) is 40.0 Å². The van der Waals surface area contributed by atoms with E-state index in [9.17, 15) is 8.78 Å². The summed E-state index contributed by atoms with van der Waals surface area (Å²) in [6, 6.07) is 6.63. The number of alkyl halides is 2. The summed E-state index contributed by atoms with van der Waals surface area (Å²) in [5.74, 6) is 0. The number of halogens is 3. The average Bonchev–Trinajstić information content (AvgIpc) is 2.17. The van der Waals surface area contributed by atoms with Crippen LogP contribution in [0.3, 0.4) is 0 Å². The van der Waals surface area contributed by atoms with E-state index >= 15 is 0 Å². The normalized spacial score (nSPS) is 11.3. The summed E-state index contributed by atoms with van der Waals surface area (Å²) in [6.45, 7) is 1.72. The maximum absolute atomic E-state index is 12.8. The van der Waals surface area contributed by atoms with E-state index < -0.39 is 6.43 Å². The maximum Gasteiger partial charge on any atom is 0.264 e. The van der Waals surface area contributed by atoms with E-state index in [2.05, 4.69) is 20.9 Å². The molecule has 2 aromatic rings. The highest BCUT2D eigenvalue weighted by Gasteiger charge is 2.13. The molecule has 0 bridgehead atoms. The van der Waals surface area contributed by atoms with Gasteiger partial charge in [0.05, 0.1) is 5.52 Å². The van der Waals surface area contributed by atoms with Gasteiger partial charge in [-0.2, -0.15) is 0 Å². The summed E-state index contributed by atoms with van der Waals surface area (Å²) in [5, 5.41) is 0.505. The SMILES string of the molecule is Cc1cc(C(F)F)c2cc(Br)ccc2n1. The van der Waals surface area contributed by atoms with Crippen LogP contribution >= 0.6 is 15.9 Å². The number of fused-ring (bicyclic) bond motifs is 1. The molecular formula is C11H8BrF2N. The number of aryl methyl sites for hydroxylation is 1. The van der Waals surface area contributed by atoms with Gasteiger partial charge in [0.25, 0.3) is 6.43 Å². The van der Waals surface area contributed by atoms with Crippen LogP contribution in [0.25, 0.3) is 10.9 Å². The Morgan fingerprint density at radius 2 is 2.00 bits per heavy atom. The summed E-state index contributed by atoms with van der Waals surface area (Å²) in [5.41, 5.74) is 1.26. The highest BCUT2D eigenvalue weighted by atomic mass is 79.9. The smallest absolute Gasteiger partial charge is 0.253 e. The van der Waals surface area contributed by atoms with Crippen LogP contribution < -0.4 is 0 Å². The van der Waals surface area contributed by atoms with Crippen LogP contribution in [-0.4, -0.2) is 4.98 Å². The third-order valence-electron chi connectivity index (χ3n) is 2.17. The molecule has 2 rings (SSSR count). The van der Waals surface area contributed by atoms with Gasteiger partial charge in [-0.15, -0.1) is 0 Å². The Labute approximate surface area is 94.3 Å². The van der Waals surface area contributed by atoms with Crippen molar-refractivity contribution in [1.82, 2.24) is 4.98 Å². The molecule has 0 atom stereocenters. The highest BCUT2D eigenvalue weighted by Crippen LogP contribution is 2.29. The van der Waals surface area contributed by atoms with Crippen LogP contribution in [0.5, 0.6) is 0 Å². The molecule has 4 heteroatoms. The lowest BCUT2D eigenvalue weighted by Crippen LogP contribution is -1.92. The molecule has 0 saturated heterocycles. The Morgan fingerprint density at radius 1 is 1.27 bits per heavy atom. The summed E-state index contributed by atoms with van der Waals surface area (Å²) in [7, 11) is 0. The fraction of sp³-hybridized carbons (Fsp3) is 0.182. The standard InChI is InChI=1S/C11H8BrF2N/c1-6-4-9(11(13)14)8-5-7(12)2-3-10(8)15-6/h2-5,11H,1H3. The molecule has 0 N–H and O–H groups in total. The number of hydrogen-bond donors (Lipinski definition) is 0. The molecule has 0 aliphatic heterocycles. The number of benzene rings is 1. The second-order valence-electron chi connectivity index (χ2n) is 3.32. The Kier molecular flexibility index (Phi) is 2.69. The quantitative estimate of drug-likeness (QED) is 0.756. The van der Waals surface area contributed by atoms with E-state index in [0.717, 1.165) is 4.47 Å². The number of hydrogen-bond acceptors (Lipinski definition) is 1. The van der Waals surface area contributed by atoms with Crippen LogP contribution in [-0.2, 0) is 0 Å². The van der Waals surface area contributed by atoms with Crippen molar-refractivity contribution in [2.75, 3.05) is 0 Å². The van der Waals surface area contributed by atoms with E-state index in [0.29, 0.717) is 16.6 Å². The van der Waals surface area contributed by atoms with Gasteiger partial charge in [-0.1, -0.05) is 15.9 Å². The lowest BCUT2D eigenvalue weighted by atomic mass is 10.1. The van der Waals surface area contributed by atoms with Gasteiger partial charge in [0, 0.05) is 21.1 Å². The highest BCUT2D eigenvalue weighted by molar-refractivity contribution is 9.10. The molecule has 0 aliphatic rings. The van der Waals surface area contributed by atoms with Crippen LogP contribution in [0.2, 0.25) is 0 Å². The molecule has 0 unspecified atom stereocenters. The zero-order valence-electron chi connectivity index (χ0n) is 7.97. The Bertz CT molecular complexity index is 511. The lowest BCUT2D eigenvalue weighted by Gasteiger charge is -2.07. The Morgan fingerprint density at radius 3 is 2.67 bits per heavy atom. The third kappa shape index (κ3) is 2.00. The van der Waals surface area contributed by atoms with E-state index in [4.69, 9.17) is 0 Å². The van der Waals surface area contributed by atoms with E-state index in [1.165, 1.54) is 6.07 Å². The van der Waals surface area contributed by atoms with Crippen LogP contribution in [0.4, 0.5) is 8.78 Å². The van der Waals surface area contributed by atoms with Gasteiger partial charge in [0.15, 0.2) is 0 Å². The van der Waals surface area contributed by atoms with Gasteiger partial charge in [0.2, 0.25) is 0 Å². The average molecular weight is 272 g/mol. The predicted octanol–water partition coefficient (Wildman–Crippen LogP) is 4.24. The van der Waals surface area contributed by atoms with Gasteiger partial charge in [-0.05, 0) is 31.2 Å². The van der Waals surface area contributed by atoms with Crippen molar-refractivity contribution in [2.45, 2.75) is 13.3 Å². The molecular weight excluding hydrogens is 264 g/mol. The topological polar surface area (TPSA) is 12.9 Å². The zero-order chi connectivity index (χ0) is 11.0. The fourth-order valence-corrected chi connectivity index (χ4v) is 1.90. The third-order valence-corrected chi connectivity index (χ3v) is 2.66. The molecule has 0 spiro atoms. The van der Waals surface area contributed by atoms with Crippen molar-refractivity contribution < 1.29 is 8.78 Å². The number of nitrogens with zero attached hydrogens (tertiary/aromatic N) is 1. The Balaban J connectivity index is 2.81. The van der Waals surface area contributed by atoms with E-state index in [-0.39, 0.29) is 5.56 Å². The monoisotopic (exact) mass is 271 g/mol. The van der Waals surface area contributed by atoms with Gasteiger partial charge in [-0.25, -0.2) is 8.78 Å². The number of pyridine rings is 1. The molecule has 0 radical (unpaired) electrons. The van der Waals surface area contributed by atoms with Gasteiger partial charge >= 0.3 is 0 Å². The first-order valence-corrected chi connectivity index (χ1v) is 5.22. The molecule has 78 valence electrons. The van der Waals surface area contributed by atoms with E-state index in [1.807, 2.05) is 0 Å². The first kappa shape index (κ1) is 10.5. The number of aromatic nitrogens is 1. The second-order valence-corrected chi connectivity index (χ2v) is 4.23. The summed E-state index contributed by atoms with van der Waals surface area (Å²) in [4.78, 5) is 4.21. The molecule has 0 fully saturated rings. The van der Waals surface area contributed by atoms with Crippen LogP contribution in [0.15, 0.2) is 28.7 Å². The molecule has 0 saturated carbocycles. The molecule has 0 aliphatic carbocycles. The summed E-state index contributed by atoms with van der Waals surface area (Å²) in [6.07, 6.45) is -2.47. The fourth-order valence-electron chi connectivity index (χ4n) is 1.54. The summed E-state index contributed by atoms with van der Waals surface area (Å²) < 4.78 is 26.3. The first-order valence-electron chi connectivity index (χ1n) is 4.43. The molecule has 1 aromatic carbocycles. The minimum Gasteiger partial charge on any atom is -0.253 e. The zero-order valence-corrected chi connectivity index (χ0v) is 9.55. The maximum atomic E-state index is 12.8. The van der Waals surface area contributed by atoms with Gasteiger partial charge in [0.1, 0.15) is 0 Å². The largest absolute Gasteiger partial charge is 0.264 e. The lowest BCUT2D eigenvalue weighted by molar-refractivity contribution is 0.153. The van der Waals surface area contributed by atoms with Crippen molar-refractivity contribution in [3.63, 3.8) is 0 Å². The molecule has 1 heterocycles. The molecule has 1 aromatic heterocycles. The summed E-state index contributed by atoms with van der Waals surface area (Å²) >= 11 is 3.26. The van der Waals surface area contributed by atoms with E-state index in [1.54, 1.807) is 25.1 Å². The minimum atomic E-state index is -2.47. The van der Waals surface area contributed by atoms with Crippen LogP contribution in [0.1, 0.15) is 17.7 Å². The van der Waals surface area contributed by atoms with Crippen molar-refractivity contribution in [1.29, 1.82) is 0 Å². The number of rotatable bonds is 1. The van der Waals surface area contributed by atoms with Crippen molar-refractivity contribution in [2.24, 2.45) is 0 Å². The van der Waals surface area contributed by atoms with Gasteiger partial charge in [-0.3, -0.25) is 4.98 Å². The molecule has 1 nitrogen and oxygen atoms in total. The van der Waals surface area contributed by atoms with Crippen LogP contribution in [0, 0.1) is 6.92 Å². The second kappa shape index (κ2) is 3.85. The molecule has 15 heavy (non-hydrogen) atoms. The first-order chi connectivity index (χ1) is 7.08. The minimum absolute atomic E-state index is 0.0406. The van der Waals surface area contributed by atoms with Crippen molar-refractivity contribution in [3.8, 4) is 0 Å². The predicted molar refractivity (Wildman–Crippen MR) is 59.1 cm³/mol. The molecule has 0 amide bonds.